The molecule has 0 amide bonds. The summed E-state index contributed by atoms with van der Waals surface area (Å²) in [5, 5.41) is 21.0. The van der Waals surface area contributed by atoms with Gasteiger partial charge in [0, 0.05) is 6.21 Å². The van der Waals surface area contributed by atoms with E-state index in [2.05, 4.69) is 4.99 Å². The lowest BCUT2D eigenvalue weighted by Gasteiger charge is -2.10. The number of rotatable bonds is 4. The second-order valence-corrected chi connectivity index (χ2v) is 4.54. The van der Waals surface area contributed by atoms with Gasteiger partial charge in [0.15, 0.2) is 0 Å². The molecule has 0 atom stereocenters. The fourth-order valence-electron chi connectivity index (χ4n) is 1.66. The molecule has 0 saturated heterocycles. The predicted molar refractivity (Wildman–Crippen MR) is 78.1 cm³/mol. The van der Waals surface area contributed by atoms with Crippen LogP contribution in [0.1, 0.15) is 15.9 Å². The van der Waals surface area contributed by atoms with Gasteiger partial charge in [-0.05, 0) is 35.9 Å². The van der Waals surface area contributed by atoms with Crippen LogP contribution in [0.4, 0.5) is 5.69 Å². The Morgan fingerprint density at radius 3 is 2.71 bits per heavy atom. The summed E-state index contributed by atoms with van der Waals surface area (Å²) in [7, 11) is 1.51. The van der Waals surface area contributed by atoms with E-state index in [-0.39, 0.29) is 16.9 Å². The Balaban J connectivity index is 2.30. The SMILES string of the molecule is COc1ccc(N=Cc2cc(C(=O)O)ccc2[O-])cc1Cl. The van der Waals surface area contributed by atoms with E-state index in [1.165, 1.54) is 31.5 Å². The fourth-order valence-corrected chi connectivity index (χ4v) is 1.91. The maximum absolute atomic E-state index is 11.7. The Bertz CT molecular complexity index is 713. The summed E-state index contributed by atoms with van der Waals surface area (Å²) in [4.78, 5) is 15.0. The summed E-state index contributed by atoms with van der Waals surface area (Å²) in [6.45, 7) is 0. The average molecular weight is 305 g/mol. The smallest absolute Gasteiger partial charge is 0.335 e. The van der Waals surface area contributed by atoms with Gasteiger partial charge in [-0.15, -0.1) is 5.75 Å². The number of methoxy groups -OCH3 is 1. The van der Waals surface area contributed by atoms with Crippen LogP contribution in [0.15, 0.2) is 41.4 Å². The molecule has 2 rings (SSSR count). The third kappa shape index (κ3) is 3.52. The van der Waals surface area contributed by atoms with Crippen molar-refractivity contribution in [3.63, 3.8) is 0 Å². The molecule has 6 heteroatoms. The summed E-state index contributed by atoms with van der Waals surface area (Å²) in [6, 6.07) is 8.65. The van der Waals surface area contributed by atoms with E-state index in [0.717, 1.165) is 0 Å². The Hall–Kier alpha value is -2.53. The highest BCUT2D eigenvalue weighted by Crippen LogP contribution is 2.28. The first kappa shape index (κ1) is 14.9. The summed E-state index contributed by atoms with van der Waals surface area (Å²) in [6.07, 6.45) is 1.31. The van der Waals surface area contributed by atoms with E-state index in [9.17, 15) is 9.90 Å². The number of hydrogen-bond acceptors (Lipinski definition) is 4. The van der Waals surface area contributed by atoms with Crippen LogP contribution in [0.25, 0.3) is 0 Å². The topological polar surface area (TPSA) is 82.0 Å². The highest BCUT2D eigenvalue weighted by molar-refractivity contribution is 6.32. The van der Waals surface area contributed by atoms with Gasteiger partial charge in [-0.2, -0.15) is 0 Å². The standard InChI is InChI=1S/C15H12ClNO4/c1-21-14-5-3-11(7-12(14)16)17-8-10-6-9(15(19)20)2-4-13(10)18/h2-8,18H,1H3,(H,19,20)/p-1. The molecule has 2 aromatic carbocycles. The van der Waals surface area contributed by atoms with Crippen molar-refractivity contribution in [2.75, 3.05) is 7.11 Å². The molecule has 1 N–H and O–H groups in total. The van der Waals surface area contributed by atoms with Gasteiger partial charge in [-0.25, -0.2) is 4.79 Å². The molecule has 0 heterocycles. The second kappa shape index (κ2) is 6.28. The van der Waals surface area contributed by atoms with Crippen LogP contribution in [-0.2, 0) is 0 Å². The van der Waals surface area contributed by atoms with Gasteiger partial charge < -0.3 is 14.9 Å². The zero-order valence-electron chi connectivity index (χ0n) is 11.0. The average Bonchev–Trinajstić information content (AvgIpc) is 2.46. The van der Waals surface area contributed by atoms with Crippen LogP contribution in [-0.4, -0.2) is 24.4 Å². The monoisotopic (exact) mass is 304 g/mol. The van der Waals surface area contributed by atoms with Crippen molar-refractivity contribution in [2.24, 2.45) is 4.99 Å². The van der Waals surface area contributed by atoms with Gasteiger partial charge >= 0.3 is 5.97 Å². The first-order valence-electron chi connectivity index (χ1n) is 5.93. The number of halogens is 1. The third-order valence-corrected chi connectivity index (χ3v) is 3.04. The number of carboxylic acid groups (broad SMARTS) is 1. The van der Waals surface area contributed by atoms with E-state index >= 15 is 0 Å². The number of nitrogens with zero attached hydrogens (tertiary/aromatic N) is 1. The molecule has 108 valence electrons. The van der Waals surface area contributed by atoms with Crippen LogP contribution in [0.5, 0.6) is 11.5 Å². The molecule has 2 aromatic rings. The summed E-state index contributed by atoms with van der Waals surface area (Å²) >= 11 is 5.97. The zero-order chi connectivity index (χ0) is 15.4. The van der Waals surface area contributed by atoms with Crippen molar-refractivity contribution in [3.8, 4) is 11.5 Å². The molecule has 0 saturated carbocycles. The maximum Gasteiger partial charge on any atom is 0.335 e. The Morgan fingerprint density at radius 2 is 2.10 bits per heavy atom. The number of aromatic carboxylic acids is 1. The Morgan fingerprint density at radius 1 is 1.33 bits per heavy atom. The lowest BCUT2D eigenvalue weighted by molar-refractivity contribution is -0.268. The first-order valence-corrected chi connectivity index (χ1v) is 6.31. The van der Waals surface area contributed by atoms with Crippen molar-refractivity contribution < 1.29 is 19.7 Å². The Kier molecular flexibility index (Phi) is 4.45. The maximum atomic E-state index is 11.7. The quantitative estimate of drug-likeness (QED) is 0.880. The normalized spacial score (nSPS) is 10.8. The van der Waals surface area contributed by atoms with E-state index in [1.54, 1.807) is 18.2 Å². The molecule has 5 nitrogen and oxygen atoms in total. The van der Waals surface area contributed by atoms with Gasteiger partial charge in [0.1, 0.15) is 5.75 Å². The number of hydrogen-bond donors (Lipinski definition) is 1. The van der Waals surface area contributed by atoms with Crippen LogP contribution >= 0.6 is 11.6 Å². The number of benzene rings is 2. The molecule has 0 aliphatic rings. The molecule has 21 heavy (non-hydrogen) atoms. The van der Waals surface area contributed by atoms with Crippen LogP contribution in [0, 0.1) is 0 Å². The van der Waals surface area contributed by atoms with E-state index < -0.39 is 5.97 Å². The van der Waals surface area contributed by atoms with Crippen molar-refractivity contribution in [2.45, 2.75) is 0 Å². The highest BCUT2D eigenvalue weighted by Gasteiger charge is 2.03. The van der Waals surface area contributed by atoms with Crippen LogP contribution < -0.4 is 9.84 Å². The van der Waals surface area contributed by atoms with Crippen LogP contribution in [0.2, 0.25) is 5.02 Å². The number of aliphatic imine (C=N–C) groups is 1. The molecule has 0 bridgehead atoms. The van der Waals surface area contributed by atoms with Crippen molar-refractivity contribution in [3.05, 3.63) is 52.5 Å². The molecule has 0 aromatic heterocycles. The first-order chi connectivity index (χ1) is 10.0. The lowest BCUT2D eigenvalue weighted by atomic mass is 10.1. The number of carboxylic acids is 1. The number of ether oxygens (including phenoxy) is 1. The van der Waals surface area contributed by atoms with E-state index in [1.807, 2.05) is 0 Å². The van der Waals surface area contributed by atoms with Crippen molar-refractivity contribution in [1.82, 2.24) is 0 Å². The van der Waals surface area contributed by atoms with Crippen molar-refractivity contribution >= 4 is 29.5 Å². The molecule has 0 radical (unpaired) electrons. The minimum absolute atomic E-state index is 0.0313. The predicted octanol–water partition coefficient (Wildman–Crippen LogP) is 2.87. The van der Waals surface area contributed by atoms with Gasteiger partial charge in [0.2, 0.25) is 0 Å². The fraction of sp³-hybridized carbons (Fsp3) is 0.0667. The number of carbonyl (C=O) groups is 1. The van der Waals surface area contributed by atoms with Gasteiger partial charge in [0.25, 0.3) is 0 Å². The van der Waals surface area contributed by atoms with Gasteiger partial charge in [-0.1, -0.05) is 17.7 Å². The summed E-state index contributed by atoms with van der Waals surface area (Å²) in [5.74, 6) is -0.881. The Labute approximate surface area is 126 Å². The lowest BCUT2D eigenvalue weighted by Crippen LogP contribution is -2.01. The molecule has 0 aliphatic heterocycles. The summed E-state index contributed by atoms with van der Waals surface area (Å²) in [5.41, 5.74) is 0.756. The largest absolute Gasteiger partial charge is 0.872 e. The molecule has 0 fully saturated rings. The molecular formula is C15H11ClNO4-. The zero-order valence-corrected chi connectivity index (χ0v) is 11.8. The van der Waals surface area contributed by atoms with E-state index in [4.69, 9.17) is 21.4 Å². The van der Waals surface area contributed by atoms with Crippen LogP contribution in [0.3, 0.4) is 0 Å². The third-order valence-electron chi connectivity index (χ3n) is 2.74. The molecule has 0 unspecified atom stereocenters. The van der Waals surface area contributed by atoms with E-state index in [0.29, 0.717) is 16.5 Å². The van der Waals surface area contributed by atoms with Gasteiger partial charge in [-0.3, -0.25) is 4.99 Å². The highest BCUT2D eigenvalue weighted by atomic mass is 35.5. The molecule has 0 aliphatic carbocycles. The minimum Gasteiger partial charge on any atom is -0.872 e. The van der Waals surface area contributed by atoms with Crippen molar-refractivity contribution in [1.29, 1.82) is 0 Å². The molecular weight excluding hydrogens is 294 g/mol. The minimum atomic E-state index is -1.10. The second-order valence-electron chi connectivity index (χ2n) is 4.13. The molecule has 0 spiro atoms. The summed E-state index contributed by atoms with van der Waals surface area (Å²) < 4.78 is 5.02. The van der Waals surface area contributed by atoms with Gasteiger partial charge in [0.05, 0.1) is 23.4 Å².